The Morgan fingerprint density at radius 2 is 1.94 bits per heavy atom. The normalized spacial score (nSPS) is 31.9. The molecule has 0 radical (unpaired) electrons. The molecule has 1 spiro atoms. The molecule has 9 rings (SSSR count). The van der Waals surface area contributed by atoms with Crippen LogP contribution in [0.4, 0.5) is 0 Å². The molecule has 2 aliphatic heterocycles. The van der Waals surface area contributed by atoms with E-state index in [2.05, 4.69) is 53.2 Å². The molecule has 3 aliphatic carbocycles. The molecule has 1 aromatic heterocycles. The van der Waals surface area contributed by atoms with E-state index in [0.717, 1.165) is 48.6 Å². The number of phenols is 1. The smallest absolute Gasteiger partial charge is 0.166 e. The SMILES string of the molecule is Cc1cc2c3c([nH]c2c2ccccc12)[C@@H]1Oc2c(O)ccc4c2[C@@]12CCN(CC1CC1)[C@H](C4)[C@]2(O)C3. The number of aryl methyl sites for hydroxylation is 1. The number of likely N-dealkylation sites (tertiary alicyclic amines) is 1. The van der Waals surface area contributed by atoms with Crippen LogP contribution in [0.5, 0.6) is 11.5 Å². The molecule has 36 heavy (non-hydrogen) atoms. The fourth-order valence-corrected chi connectivity index (χ4v) is 8.64. The number of aliphatic hydroxyl groups is 1. The quantitative estimate of drug-likeness (QED) is 0.378. The van der Waals surface area contributed by atoms with E-state index >= 15 is 0 Å². The van der Waals surface area contributed by atoms with Crippen molar-refractivity contribution in [2.75, 3.05) is 13.1 Å². The Kier molecular flexibility index (Phi) is 3.50. The largest absolute Gasteiger partial charge is 0.504 e. The fraction of sp³-hybridized carbons (Fsp3) is 0.419. The third kappa shape index (κ3) is 2.14. The number of fused-ring (bicyclic) bond motifs is 6. The molecule has 1 saturated heterocycles. The standard InChI is InChI=1S/C31H30N2O3/c1-16-12-21-22-14-31(35)24-13-18-8-9-23(34)28-25(18)30(31,10-11-33(24)15-17-6-7-17)29(36-28)27(22)32-26(21)20-5-3-2-4-19(16)20/h2-5,8-9,12,17,24,29,32,34-35H,6-7,10-11,13-15H2,1H3/t24-,29+,30+,31-/m1/s1. The number of aromatic nitrogens is 1. The van der Waals surface area contributed by atoms with E-state index in [1.807, 2.05) is 0 Å². The van der Waals surface area contributed by atoms with Crippen LogP contribution in [-0.2, 0) is 18.3 Å². The van der Waals surface area contributed by atoms with Gasteiger partial charge in [-0.15, -0.1) is 0 Å². The molecule has 1 saturated carbocycles. The molecule has 5 aliphatic rings. The van der Waals surface area contributed by atoms with E-state index in [4.69, 9.17) is 4.74 Å². The van der Waals surface area contributed by atoms with E-state index in [9.17, 15) is 10.2 Å². The highest BCUT2D eigenvalue weighted by molar-refractivity contribution is 6.09. The lowest BCUT2D eigenvalue weighted by atomic mass is 9.49. The molecule has 4 aromatic rings. The molecule has 0 unspecified atom stereocenters. The summed E-state index contributed by atoms with van der Waals surface area (Å²) in [6.45, 7) is 4.23. The molecule has 5 nitrogen and oxygen atoms in total. The van der Waals surface area contributed by atoms with Crippen molar-refractivity contribution >= 4 is 21.7 Å². The minimum atomic E-state index is -0.946. The Labute approximate surface area is 209 Å². The average molecular weight is 479 g/mol. The summed E-state index contributed by atoms with van der Waals surface area (Å²) < 4.78 is 6.74. The van der Waals surface area contributed by atoms with E-state index in [1.54, 1.807) is 6.07 Å². The third-order valence-corrected chi connectivity index (χ3v) is 10.4. The lowest BCUT2D eigenvalue weighted by molar-refractivity contribution is -0.173. The molecule has 5 heteroatoms. The van der Waals surface area contributed by atoms with Gasteiger partial charge in [-0.1, -0.05) is 30.3 Å². The highest BCUT2D eigenvalue weighted by Crippen LogP contribution is 2.69. The minimum Gasteiger partial charge on any atom is -0.504 e. The van der Waals surface area contributed by atoms with Crippen LogP contribution >= 0.6 is 0 Å². The highest BCUT2D eigenvalue weighted by Gasteiger charge is 2.72. The molecular formula is C31H30N2O3. The zero-order chi connectivity index (χ0) is 24.0. The molecule has 2 fully saturated rings. The van der Waals surface area contributed by atoms with Gasteiger partial charge in [-0.05, 0) is 79.3 Å². The van der Waals surface area contributed by atoms with Crippen molar-refractivity contribution in [1.29, 1.82) is 0 Å². The number of H-pyrrole nitrogens is 1. The molecule has 3 N–H and O–H groups in total. The highest BCUT2D eigenvalue weighted by atomic mass is 16.5. The Balaban J connectivity index is 1.35. The second kappa shape index (κ2) is 6.27. The molecule has 182 valence electrons. The average Bonchev–Trinajstić information content (AvgIpc) is 3.52. The van der Waals surface area contributed by atoms with Gasteiger partial charge in [-0.2, -0.15) is 0 Å². The number of hydrogen-bond acceptors (Lipinski definition) is 4. The summed E-state index contributed by atoms with van der Waals surface area (Å²) in [6.07, 6.45) is 4.56. The van der Waals surface area contributed by atoms with Gasteiger partial charge in [0.25, 0.3) is 0 Å². The lowest BCUT2D eigenvalue weighted by Crippen LogP contribution is -2.74. The Bertz CT molecular complexity index is 1630. The number of nitrogens with zero attached hydrogens (tertiary/aromatic N) is 1. The zero-order valence-electron chi connectivity index (χ0n) is 20.5. The topological polar surface area (TPSA) is 68.7 Å². The zero-order valence-corrected chi connectivity index (χ0v) is 20.5. The lowest BCUT2D eigenvalue weighted by Gasteiger charge is -2.62. The monoisotopic (exact) mass is 478 g/mol. The van der Waals surface area contributed by atoms with E-state index in [1.165, 1.54) is 45.7 Å². The first-order valence-corrected chi connectivity index (χ1v) is 13.5. The fourth-order valence-electron chi connectivity index (χ4n) is 8.64. The third-order valence-electron chi connectivity index (χ3n) is 10.4. The summed E-state index contributed by atoms with van der Waals surface area (Å²) in [6, 6.07) is 14.8. The van der Waals surface area contributed by atoms with Gasteiger partial charge in [-0.25, -0.2) is 0 Å². The van der Waals surface area contributed by atoms with Crippen LogP contribution in [0.25, 0.3) is 21.7 Å². The van der Waals surface area contributed by atoms with Crippen molar-refractivity contribution < 1.29 is 14.9 Å². The number of benzene rings is 3. The van der Waals surface area contributed by atoms with Gasteiger partial charge in [0.05, 0.1) is 22.2 Å². The Morgan fingerprint density at radius 1 is 1.11 bits per heavy atom. The molecule has 0 amide bonds. The van der Waals surface area contributed by atoms with Crippen molar-refractivity contribution in [2.45, 2.75) is 62.2 Å². The molecule has 3 aromatic carbocycles. The van der Waals surface area contributed by atoms with Crippen LogP contribution in [-0.4, -0.2) is 44.8 Å². The van der Waals surface area contributed by atoms with Crippen molar-refractivity contribution in [1.82, 2.24) is 9.88 Å². The first kappa shape index (κ1) is 20.1. The van der Waals surface area contributed by atoms with Crippen LogP contribution in [0.3, 0.4) is 0 Å². The number of rotatable bonds is 2. The molecule has 3 heterocycles. The van der Waals surface area contributed by atoms with Crippen LogP contribution < -0.4 is 4.74 Å². The van der Waals surface area contributed by atoms with Gasteiger partial charge in [0.2, 0.25) is 0 Å². The van der Waals surface area contributed by atoms with Crippen molar-refractivity contribution in [3.63, 3.8) is 0 Å². The van der Waals surface area contributed by atoms with Gasteiger partial charge in [-0.3, -0.25) is 4.90 Å². The predicted molar refractivity (Wildman–Crippen MR) is 139 cm³/mol. The maximum atomic E-state index is 13.0. The summed E-state index contributed by atoms with van der Waals surface area (Å²) in [5.74, 6) is 1.56. The predicted octanol–water partition coefficient (Wildman–Crippen LogP) is 5.03. The van der Waals surface area contributed by atoms with E-state index in [0.29, 0.717) is 12.2 Å². The molecule has 4 atom stereocenters. The Hall–Kier alpha value is -3.02. The van der Waals surface area contributed by atoms with Gasteiger partial charge in [0, 0.05) is 35.3 Å². The maximum Gasteiger partial charge on any atom is 0.166 e. The number of aromatic amines is 1. The van der Waals surface area contributed by atoms with Gasteiger partial charge >= 0.3 is 0 Å². The van der Waals surface area contributed by atoms with Gasteiger partial charge in [0.1, 0.15) is 0 Å². The van der Waals surface area contributed by atoms with Gasteiger partial charge < -0.3 is 19.9 Å². The first-order valence-electron chi connectivity index (χ1n) is 13.5. The summed E-state index contributed by atoms with van der Waals surface area (Å²) in [7, 11) is 0. The number of ether oxygens (including phenoxy) is 1. The van der Waals surface area contributed by atoms with E-state index < -0.39 is 11.0 Å². The van der Waals surface area contributed by atoms with Crippen molar-refractivity contribution in [3.8, 4) is 11.5 Å². The van der Waals surface area contributed by atoms with Crippen LogP contribution in [0.1, 0.15) is 53.3 Å². The van der Waals surface area contributed by atoms with Crippen molar-refractivity contribution in [2.24, 2.45) is 5.92 Å². The minimum absolute atomic E-state index is 0.0561. The van der Waals surface area contributed by atoms with Gasteiger partial charge in [0.15, 0.2) is 17.6 Å². The summed E-state index contributed by atoms with van der Waals surface area (Å²) in [5.41, 5.74) is 5.48. The first-order chi connectivity index (χ1) is 17.5. The second-order valence-corrected chi connectivity index (χ2v) is 12.1. The van der Waals surface area contributed by atoms with Crippen LogP contribution in [0.2, 0.25) is 0 Å². The van der Waals surface area contributed by atoms with E-state index in [-0.39, 0.29) is 17.9 Å². The Morgan fingerprint density at radius 3 is 2.78 bits per heavy atom. The summed E-state index contributed by atoms with van der Waals surface area (Å²) in [4.78, 5) is 6.40. The van der Waals surface area contributed by atoms with Crippen molar-refractivity contribution in [3.05, 3.63) is 70.4 Å². The number of aromatic hydroxyl groups is 1. The molecule has 2 bridgehead atoms. The second-order valence-electron chi connectivity index (χ2n) is 12.1. The van der Waals surface area contributed by atoms with Crippen LogP contribution in [0.15, 0.2) is 42.5 Å². The number of hydrogen-bond donors (Lipinski definition) is 3. The maximum absolute atomic E-state index is 13.0. The summed E-state index contributed by atoms with van der Waals surface area (Å²) >= 11 is 0. The number of phenolic OH excluding ortho intramolecular Hbond substituents is 1. The number of nitrogens with one attached hydrogen (secondary N) is 1. The number of piperidine rings is 1. The molecular weight excluding hydrogens is 448 g/mol. The van der Waals surface area contributed by atoms with Crippen LogP contribution in [0, 0.1) is 12.8 Å². The summed E-state index contributed by atoms with van der Waals surface area (Å²) in [5, 5.41) is 27.6.